The molecule has 0 amide bonds. The molecule has 3 aliphatic heterocycles. The number of rotatable bonds is 6. The SMILES string of the molecule is c1cc(N2CCNCC2)nnc1Nc1ncc2cc([C@@H]3CCOC3)nc(N[C@H]3CCCOC3)c2n1. The average molecular weight is 478 g/mol. The lowest BCUT2D eigenvalue weighted by Gasteiger charge is -2.27. The Hall–Kier alpha value is -3.15. The molecule has 0 spiro atoms. The highest BCUT2D eigenvalue weighted by molar-refractivity contribution is 5.89. The number of pyridine rings is 1. The molecule has 3 aliphatic rings. The van der Waals surface area contributed by atoms with Gasteiger partial charge in [0, 0.05) is 62.6 Å². The van der Waals surface area contributed by atoms with Gasteiger partial charge in [-0.15, -0.1) is 10.2 Å². The molecule has 3 saturated heterocycles. The second-order valence-corrected chi connectivity index (χ2v) is 9.28. The minimum Gasteiger partial charge on any atom is -0.381 e. The summed E-state index contributed by atoms with van der Waals surface area (Å²) in [5.41, 5.74) is 1.80. The molecule has 184 valence electrons. The van der Waals surface area contributed by atoms with Crippen molar-refractivity contribution in [2.45, 2.75) is 31.2 Å². The molecule has 0 aliphatic carbocycles. The molecule has 3 N–H and O–H groups in total. The molecule has 11 nitrogen and oxygen atoms in total. The summed E-state index contributed by atoms with van der Waals surface area (Å²) in [5, 5.41) is 19.8. The summed E-state index contributed by atoms with van der Waals surface area (Å²) < 4.78 is 11.3. The lowest BCUT2D eigenvalue weighted by atomic mass is 10.0. The van der Waals surface area contributed by atoms with Crippen molar-refractivity contribution in [2.75, 3.05) is 68.1 Å². The first-order valence-corrected chi connectivity index (χ1v) is 12.5. The van der Waals surface area contributed by atoms with Crippen LogP contribution in [0.3, 0.4) is 0 Å². The number of hydrogen-bond acceptors (Lipinski definition) is 11. The molecule has 3 fully saturated rings. The largest absolute Gasteiger partial charge is 0.381 e. The van der Waals surface area contributed by atoms with Gasteiger partial charge >= 0.3 is 0 Å². The van der Waals surface area contributed by atoms with E-state index in [1.54, 1.807) is 0 Å². The third-order valence-electron chi connectivity index (χ3n) is 6.77. The first-order valence-electron chi connectivity index (χ1n) is 12.5. The van der Waals surface area contributed by atoms with E-state index in [0.29, 0.717) is 30.9 Å². The van der Waals surface area contributed by atoms with Gasteiger partial charge in [0.15, 0.2) is 17.5 Å². The van der Waals surface area contributed by atoms with Crippen LogP contribution in [-0.2, 0) is 9.47 Å². The molecular weight excluding hydrogens is 446 g/mol. The van der Waals surface area contributed by atoms with Crippen LogP contribution in [0.2, 0.25) is 0 Å². The van der Waals surface area contributed by atoms with Crippen molar-refractivity contribution in [3.05, 3.63) is 30.1 Å². The van der Waals surface area contributed by atoms with E-state index in [2.05, 4.69) is 42.1 Å². The third-order valence-corrected chi connectivity index (χ3v) is 6.77. The Labute approximate surface area is 204 Å². The molecule has 2 atom stereocenters. The van der Waals surface area contributed by atoms with Crippen LogP contribution in [0.15, 0.2) is 24.4 Å². The standard InChI is InChI=1S/C24H31N9O2/c1-2-18(15-34-10-1)27-23-22-17(12-19(28-23)16-5-11-35-14-16)13-26-24(30-22)29-20-3-4-21(32-31-20)33-8-6-25-7-9-33/h3-4,12-13,16,18,25H,1-2,5-11,14-15H2,(H,27,28)(H,26,29,30,31)/t16-,18+/m1/s1. The fourth-order valence-electron chi connectivity index (χ4n) is 4.81. The molecule has 35 heavy (non-hydrogen) atoms. The number of nitrogens with zero attached hydrogens (tertiary/aromatic N) is 6. The Morgan fingerprint density at radius 3 is 2.69 bits per heavy atom. The van der Waals surface area contributed by atoms with Crippen molar-refractivity contribution in [3.8, 4) is 0 Å². The van der Waals surface area contributed by atoms with E-state index >= 15 is 0 Å². The second-order valence-electron chi connectivity index (χ2n) is 9.28. The molecule has 11 heteroatoms. The van der Waals surface area contributed by atoms with E-state index in [0.717, 1.165) is 86.9 Å². The normalized spacial score (nSPS) is 22.9. The summed E-state index contributed by atoms with van der Waals surface area (Å²) in [7, 11) is 0. The van der Waals surface area contributed by atoms with Crippen molar-refractivity contribution in [3.63, 3.8) is 0 Å². The quantitative estimate of drug-likeness (QED) is 0.483. The van der Waals surface area contributed by atoms with Crippen LogP contribution in [0, 0.1) is 0 Å². The molecule has 0 unspecified atom stereocenters. The third kappa shape index (κ3) is 5.12. The van der Waals surface area contributed by atoms with Crippen LogP contribution >= 0.6 is 0 Å². The molecular formula is C24H31N9O2. The zero-order chi connectivity index (χ0) is 23.5. The van der Waals surface area contributed by atoms with E-state index < -0.39 is 0 Å². The zero-order valence-corrected chi connectivity index (χ0v) is 19.7. The van der Waals surface area contributed by atoms with Crippen LogP contribution in [0.25, 0.3) is 10.9 Å². The Morgan fingerprint density at radius 2 is 1.91 bits per heavy atom. The van der Waals surface area contributed by atoms with E-state index in [1.807, 2.05) is 18.3 Å². The van der Waals surface area contributed by atoms with Gasteiger partial charge in [-0.3, -0.25) is 0 Å². The van der Waals surface area contributed by atoms with Gasteiger partial charge in [0.25, 0.3) is 0 Å². The fourth-order valence-corrected chi connectivity index (χ4v) is 4.81. The van der Waals surface area contributed by atoms with Crippen LogP contribution in [0.4, 0.5) is 23.4 Å². The number of piperazine rings is 1. The highest BCUT2D eigenvalue weighted by Gasteiger charge is 2.23. The molecule has 6 rings (SSSR count). The number of aromatic nitrogens is 5. The molecule has 0 aromatic carbocycles. The minimum atomic E-state index is 0.212. The Bertz CT molecular complexity index is 1140. The molecule has 3 aromatic rings. The van der Waals surface area contributed by atoms with Gasteiger partial charge in [0.05, 0.1) is 19.3 Å². The van der Waals surface area contributed by atoms with Gasteiger partial charge in [-0.25, -0.2) is 15.0 Å². The lowest BCUT2D eigenvalue weighted by molar-refractivity contribution is 0.0875. The first kappa shape index (κ1) is 22.3. The van der Waals surface area contributed by atoms with Crippen LogP contribution in [0.5, 0.6) is 0 Å². The maximum absolute atomic E-state index is 5.68. The van der Waals surface area contributed by atoms with Crippen LogP contribution < -0.4 is 20.9 Å². The molecule has 3 aromatic heterocycles. The van der Waals surface area contributed by atoms with Gasteiger partial charge in [0.2, 0.25) is 5.95 Å². The summed E-state index contributed by atoms with van der Waals surface area (Å²) >= 11 is 0. The Morgan fingerprint density at radius 1 is 1.00 bits per heavy atom. The van der Waals surface area contributed by atoms with Crippen LogP contribution in [-0.4, -0.2) is 83.8 Å². The van der Waals surface area contributed by atoms with Crippen molar-refractivity contribution in [1.29, 1.82) is 0 Å². The van der Waals surface area contributed by atoms with E-state index in [1.165, 1.54) is 0 Å². The Balaban J connectivity index is 1.26. The summed E-state index contributed by atoms with van der Waals surface area (Å²) in [6, 6.07) is 6.19. The monoisotopic (exact) mass is 477 g/mol. The number of hydrogen-bond donors (Lipinski definition) is 3. The van der Waals surface area contributed by atoms with Crippen molar-refractivity contribution in [1.82, 2.24) is 30.5 Å². The van der Waals surface area contributed by atoms with E-state index in [-0.39, 0.29) is 6.04 Å². The predicted molar refractivity (Wildman–Crippen MR) is 133 cm³/mol. The van der Waals surface area contributed by atoms with Crippen molar-refractivity contribution >= 4 is 34.3 Å². The smallest absolute Gasteiger partial charge is 0.229 e. The van der Waals surface area contributed by atoms with Gasteiger partial charge in [0.1, 0.15) is 5.52 Å². The van der Waals surface area contributed by atoms with Crippen molar-refractivity contribution < 1.29 is 9.47 Å². The number of ether oxygens (including phenoxy) is 2. The zero-order valence-electron chi connectivity index (χ0n) is 19.7. The van der Waals surface area contributed by atoms with Gasteiger partial charge in [-0.2, -0.15) is 0 Å². The van der Waals surface area contributed by atoms with Crippen molar-refractivity contribution in [2.24, 2.45) is 0 Å². The highest BCUT2D eigenvalue weighted by atomic mass is 16.5. The Kier molecular flexibility index (Phi) is 6.52. The van der Waals surface area contributed by atoms with Gasteiger partial charge < -0.3 is 30.3 Å². The maximum atomic E-state index is 5.68. The lowest BCUT2D eigenvalue weighted by Crippen LogP contribution is -2.43. The van der Waals surface area contributed by atoms with E-state index in [4.69, 9.17) is 19.4 Å². The molecule has 0 radical (unpaired) electrons. The number of nitrogens with one attached hydrogen (secondary N) is 3. The fraction of sp³-hybridized carbons (Fsp3) is 0.542. The summed E-state index contributed by atoms with van der Waals surface area (Å²) in [4.78, 5) is 16.6. The summed E-state index contributed by atoms with van der Waals surface area (Å²) in [6.45, 7) is 6.74. The summed E-state index contributed by atoms with van der Waals surface area (Å²) in [6.07, 6.45) is 4.91. The number of anilines is 4. The first-order chi connectivity index (χ1) is 17.3. The highest BCUT2D eigenvalue weighted by Crippen LogP contribution is 2.30. The average Bonchev–Trinajstić information content (AvgIpc) is 3.46. The van der Waals surface area contributed by atoms with Gasteiger partial charge in [-0.05, 0) is 37.5 Å². The maximum Gasteiger partial charge on any atom is 0.229 e. The predicted octanol–water partition coefficient (Wildman–Crippen LogP) is 2.06. The molecule has 6 heterocycles. The molecule has 0 bridgehead atoms. The second kappa shape index (κ2) is 10.2. The summed E-state index contributed by atoms with van der Waals surface area (Å²) in [5.74, 6) is 3.01. The van der Waals surface area contributed by atoms with E-state index in [9.17, 15) is 0 Å². The topological polar surface area (TPSA) is 122 Å². The number of fused-ring (bicyclic) bond motifs is 1. The van der Waals surface area contributed by atoms with Gasteiger partial charge in [-0.1, -0.05) is 0 Å². The minimum absolute atomic E-state index is 0.212. The molecule has 0 saturated carbocycles. The van der Waals surface area contributed by atoms with Crippen LogP contribution in [0.1, 0.15) is 30.9 Å².